The van der Waals surface area contributed by atoms with Crippen LogP contribution in [0.5, 0.6) is 0 Å². The lowest BCUT2D eigenvalue weighted by Crippen LogP contribution is -2.08. The van der Waals surface area contributed by atoms with E-state index in [9.17, 15) is 18.0 Å². The van der Waals surface area contributed by atoms with E-state index in [1.807, 2.05) is 6.92 Å². The van der Waals surface area contributed by atoms with Crippen molar-refractivity contribution in [3.05, 3.63) is 70.2 Å². The molecule has 5 nitrogen and oxygen atoms in total. The third kappa shape index (κ3) is 3.62. The number of alkyl halides is 3. The Labute approximate surface area is 141 Å². The van der Waals surface area contributed by atoms with Gasteiger partial charge in [0.25, 0.3) is 5.56 Å². The smallest absolute Gasteiger partial charge is 0.330 e. The molecule has 0 spiro atoms. The lowest BCUT2D eigenvalue weighted by Gasteiger charge is -2.14. The molecule has 3 aromatic rings. The molecule has 0 amide bonds. The molecular formula is C17H15F3N4O. The summed E-state index contributed by atoms with van der Waals surface area (Å²) in [4.78, 5) is 22.6. The number of aromatic nitrogens is 4. The molecule has 0 aliphatic heterocycles. The van der Waals surface area contributed by atoms with Gasteiger partial charge in [-0.1, -0.05) is 12.1 Å². The van der Waals surface area contributed by atoms with Crippen molar-refractivity contribution in [2.75, 3.05) is 0 Å². The largest absolute Gasteiger partial charge is 0.416 e. The Hall–Kier alpha value is -2.90. The van der Waals surface area contributed by atoms with Gasteiger partial charge in [0, 0.05) is 12.3 Å². The van der Waals surface area contributed by atoms with Crippen LogP contribution in [0, 0.1) is 6.92 Å². The summed E-state index contributed by atoms with van der Waals surface area (Å²) in [6.45, 7) is 3.53. The van der Waals surface area contributed by atoms with Crippen LogP contribution in [0.1, 0.15) is 29.9 Å². The Morgan fingerprint density at radius 1 is 1.16 bits per heavy atom. The van der Waals surface area contributed by atoms with Gasteiger partial charge in [0.15, 0.2) is 0 Å². The van der Waals surface area contributed by atoms with E-state index >= 15 is 0 Å². The van der Waals surface area contributed by atoms with E-state index in [-0.39, 0.29) is 11.6 Å². The highest BCUT2D eigenvalue weighted by molar-refractivity contribution is 5.52. The zero-order valence-electron chi connectivity index (χ0n) is 13.5. The van der Waals surface area contributed by atoms with E-state index in [0.717, 1.165) is 12.1 Å². The summed E-state index contributed by atoms with van der Waals surface area (Å²) in [5, 5.41) is 0. The first-order valence-corrected chi connectivity index (χ1v) is 7.53. The molecule has 0 aliphatic carbocycles. The fraction of sp³-hybridized carbons (Fsp3) is 0.235. The van der Waals surface area contributed by atoms with Crippen LogP contribution in [-0.2, 0) is 6.18 Å². The van der Waals surface area contributed by atoms with Crippen molar-refractivity contribution in [2.45, 2.75) is 26.1 Å². The van der Waals surface area contributed by atoms with Crippen LogP contribution in [0.15, 0.2) is 47.7 Å². The molecule has 1 N–H and O–H groups in total. The molecule has 0 saturated heterocycles. The second-order valence-corrected chi connectivity index (χ2v) is 5.72. The third-order valence-electron chi connectivity index (χ3n) is 3.89. The summed E-state index contributed by atoms with van der Waals surface area (Å²) < 4.78 is 39.7. The van der Waals surface area contributed by atoms with E-state index < -0.39 is 11.7 Å². The SMILES string of the molecule is Cc1nc(-c2cn([C@@H](C)c3ccc(C(F)(F)F)cc3)cn2)cc(=O)[nH]1. The van der Waals surface area contributed by atoms with E-state index in [0.29, 0.717) is 22.8 Å². The van der Waals surface area contributed by atoms with Crippen molar-refractivity contribution in [3.8, 4) is 11.4 Å². The van der Waals surface area contributed by atoms with Gasteiger partial charge >= 0.3 is 6.18 Å². The average molecular weight is 348 g/mol. The Bertz CT molecular complexity index is 942. The maximum Gasteiger partial charge on any atom is 0.416 e. The van der Waals surface area contributed by atoms with Crippen molar-refractivity contribution < 1.29 is 13.2 Å². The number of hydrogen-bond acceptors (Lipinski definition) is 3. The van der Waals surface area contributed by atoms with Gasteiger partial charge < -0.3 is 9.55 Å². The number of hydrogen-bond donors (Lipinski definition) is 1. The van der Waals surface area contributed by atoms with Crippen molar-refractivity contribution in [2.24, 2.45) is 0 Å². The van der Waals surface area contributed by atoms with Crippen LogP contribution in [0.2, 0.25) is 0 Å². The molecule has 2 aromatic heterocycles. The van der Waals surface area contributed by atoms with E-state index in [2.05, 4.69) is 15.0 Å². The van der Waals surface area contributed by atoms with Crippen molar-refractivity contribution >= 4 is 0 Å². The fourth-order valence-corrected chi connectivity index (χ4v) is 2.51. The molecule has 0 radical (unpaired) electrons. The lowest BCUT2D eigenvalue weighted by molar-refractivity contribution is -0.137. The Morgan fingerprint density at radius 2 is 1.84 bits per heavy atom. The number of imidazole rings is 1. The van der Waals surface area contributed by atoms with Gasteiger partial charge in [-0.15, -0.1) is 0 Å². The minimum atomic E-state index is -4.35. The molecule has 3 rings (SSSR count). The Morgan fingerprint density at radius 3 is 2.44 bits per heavy atom. The third-order valence-corrected chi connectivity index (χ3v) is 3.89. The van der Waals surface area contributed by atoms with Crippen LogP contribution < -0.4 is 5.56 Å². The highest BCUT2D eigenvalue weighted by Crippen LogP contribution is 2.30. The molecule has 1 atom stereocenters. The average Bonchev–Trinajstić information content (AvgIpc) is 3.02. The molecule has 2 heterocycles. The molecule has 0 aliphatic rings. The van der Waals surface area contributed by atoms with Gasteiger partial charge in [0.2, 0.25) is 0 Å². The second kappa shape index (κ2) is 6.19. The summed E-state index contributed by atoms with van der Waals surface area (Å²) in [7, 11) is 0. The first-order valence-electron chi connectivity index (χ1n) is 7.53. The molecule has 0 unspecified atom stereocenters. The van der Waals surface area contributed by atoms with Gasteiger partial charge in [0.1, 0.15) is 11.5 Å². The Kier molecular flexibility index (Phi) is 4.20. The first-order chi connectivity index (χ1) is 11.7. The standard InChI is InChI=1S/C17H15F3N4O/c1-10(12-3-5-13(6-4-12)17(18,19)20)24-8-15(21-9-24)14-7-16(25)23-11(2)22-14/h3-10H,1-2H3,(H,22,23,25)/t10-/m0/s1. The molecule has 0 fully saturated rings. The minimum Gasteiger partial charge on any atom is -0.330 e. The number of aryl methyl sites for hydroxylation is 1. The number of nitrogens with one attached hydrogen (secondary N) is 1. The number of halogens is 3. The topological polar surface area (TPSA) is 63.6 Å². The summed E-state index contributed by atoms with van der Waals surface area (Å²) in [5.74, 6) is 0.479. The predicted molar refractivity (Wildman–Crippen MR) is 86.1 cm³/mol. The Balaban J connectivity index is 1.87. The zero-order valence-corrected chi connectivity index (χ0v) is 13.5. The quantitative estimate of drug-likeness (QED) is 0.787. The van der Waals surface area contributed by atoms with E-state index in [1.165, 1.54) is 18.2 Å². The van der Waals surface area contributed by atoms with Gasteiger partial charge in [-0.05, 0) is 31.5 Å². The van der Waals surface area contributed by atoms with E-state index in [1.54, 1.807) is 24.0 Å². The second-order valence-electron chi connectivity index (χ2n) is 5.72. The monoisotopic (exact) mass is 348 g/mol. The number of H-pyrrole nitrogens is 1. The summed E-state index contributed by atoms with van der Waals surface area (Å²) in [6.07, 6.45) is -1.08. The summed E-state index contributed by atoms with van der Waals surface area (Å²) in [6, 6.07) is 6.15. The number of rotatable bonds is 3. The summed E-state index contributed by atoms with van der Waals surface area (Å²) in [5.41, 5.74) is 0.727. The van der Waals surface area contributed by atoms with Crippen LogP contribution in [0.4, 0.5) is 13.2 Å². The lowest BCUT2D eigenvalue weighted by atomic mass is 10.1. The van der Waals surface area contributed by atoms with Crippen molar-refractivity contribution in [3.63, 3.8) is 0 Å². The fourth-order valence-electron chi connectivity index (χ4n) is 2.51. The number of aromatic amines is 1. The molecule has 25 heavy (non-hydrogen) atoms. The molecule has 0 bridgehead atoms. The molecule has 1 aromatic carbocycles. The molecule has 0 saturated carbocycles. The molecule has 130 valence electrons. The number of benzene rings is 1. The van der Waals surface area contributed by atoms with Crippen molar-refractivity contribution in [1.29, 1.82) is 0 Å². The highest BCUT2D eigenvalue weighted by Gasteiger charge is 2.30. The van der Waals surface area contributed by atoms with Gasteiger partial charge in [-0.25, -0.2) is 9.97 Å². The van der Waals surface area contributed by atoms with Crippen LogP contribution in [-0.4, -0.2) is 19.5 Å². The van der Waals surface area contributed by atoms with Gasteiger partial charge in [-0.3, -0.25) is 4.79 Å². The first kappa shape index (κ1) is 16.9. The van der Waals surface area contributed by atoms with Crippen LogP contribution in [0.3, 0.4) is 0 Å². The van der Waals surface area contributed by atoms with E-state index in [4.69, 9.17) is 0 Å². The van der Waals surface area contributed by atoms with Crippen LogP contribution in [0.25, 0.3) is 11.4 Å². The van der Waals surface area contributed by atoms with Gasteiger partial charge in [-0.2, -0.15) is 13.2 Å². The number of nitrogens with zero attached hydrogens (tertiary/aromatic N) is 3. The predicted octanol–water partition coefficient (Wildman–Crippen LogP) is 3.57. The molecular weight excluding hydrogens is 333 g/mol. The van der Waals surface area contributed by atoms with Crippen molar-refractivity contribution in [1.82, 2.24) is 19.5 Å². The molecule has 8 heteroatoms. The summed E-state index contributed by atoms with van der Waals surface area (Å²) >= 11 is 0. The van der Waals surface area contributed by atoms with Crippen LogP contribution >= 0.6 is 0 Å². The van der Waals surface area contributed by atoms with Gasteiger partial charge in [0.05, 0.1) is 23.6 Å². The maximum absolute atomic E-state index is 12.6. The highest BCUT2D eigenvalue weighted by atomic mass is 19.4. The zero-order chi connectivity index (χ0) is 18.2. The normalized spacial score (nSPS) is 13.0. The minimum absolute atomic E-state index is 0.216. The maximum atomic E-state index is 12.6.